The zero-order chi connectivity index (χ0) is 11.5. The lowest BCUT2D eigenvalue weighted by atomic mass is 10.1. The van der Waals surface area contributed by atoms with Crippen LogP contribution in [0.2, 0.25) is 0 Å². The van der Waals surface area contributed by atoms with Gasteiger partial charge >= 0.3 is 6.18 Å². The largest absolute Gasteiger partial charge is 0.390 e. The average Bonchev–Trinajstić information content (AvgIpc) is 2.47. The van der Waals surface area contributed by atoms with Crippen molar-refractivity contribution < 1.29 is 13.2 Å². The van der Waals surface area contributed by atoms with Gasteiger partial charge in [0.05, 0.1) is 12.1 Å². The van der Waals surface area contributed by atoms with Crippen molar-refractivity contribution in [2.75, 3.05) is 0 Å². The molecule has 1 heterocycles. The van der Waals surface area contributed by atoms with Crippen LogP contribution in [0.15, 0.2) is 6.20 Å². The number of nitrogens with zero attached hydrogens (tertiary/aromatic N) is 3. The summed E-state index contributed by atoms with van der Waals surface area (Å²) in [5, 5.41) is 7.30. The molecule has 0 aromatic carbocycles. The summed E-state index contributed by atoms with van der Waals surface area (Å²) >= 11 is 0. The van der Waals surface area contributed by atoms with Gasteiger partial charge in [-0.2, -0.15) is 13.2 Å². The summed E-state index contributed by atoms with van der Waals surface area (Å²) in [4.78, 5) is 0. The van der Waals surface area contributed by atoms with Crippen molar-refractivity contribution in [2.24, 2.45) is 12.9 Å². The molecule has 0 aliphatic carbocycles. The molecule has 86 valence electrons. The fraction of sp³-hybridized carbons (Fsp3) is 0.714. The van der Waals surface area contributed by atoms with E-state index in [2.05, 4.69) is 15.7 Å². The quantitative estimate of drug-likeness (QED) is 0.563. The van der Waals surface area contributed by atoms with E-state index in [-0.39, 0.29) is 6.42 Å². The maximum Gasteiger partial charge on any atom is 0.390 e. The first-order chi connectivity index (χ1) is 6.90. The zero-order valence-corrected chi connectivity index (χ0v) is 8.12. The van der Waals surface area contributed by atoms with E-state index in [0.29, 0.717) is 5.69 Å². The van der Waals surface area contributed by atoms with Gasteiger partial charge in [-0.25, -0.2) is 0 Å². The molecule has 1 aromatic rings. The molecular weight excluding hydrogens is 211 g/mol. The molecule has 3 N–H and O–H groups in total. The van der Waals surface area contributed by atoms with E-state index in [1.807, 2.05) is 0 Å². The van der Waals surface area contributed by atoms with Crippen LogP contribution in [0, 0.1) is 0 Å². The molecule has 0 aliphatic rings. The summed E-state index contributed by atoms with van der Waals surface area (Å²) in [6.45, 7) is 0. The molecule has 0 radical (unpaired) electrons. The number of hydrogen-bond acceptors (Lipinski definition) is 4. The predicted molar refractivity (Wildman–Crippen MR) is 46.5 cm³/mol. The normalized spacial score (nSPS) is 14.2. The van der Waals surface area contributed by atoms with Crippen molar-refractivity contribution in [1.82, 2.24) is 20.4 Å². The highest BCUT2D eigenvalue weighted by atomic mass is 19.4. The van der Waals surface area contributed by atoms with Gasteiger partial charge in [-0.15, -0.1) is 5.10 Å². The van der Waals surface area contributed by atoms with E-state index in [9.17, 15) is 13.2 Å². The Morgan fingerprint density at radius 2 is 2.27 bits per heavy atom. The van der Waals surface area contributed by atoms with Crippen LogP contribution >= 0.6 is 0 Å². The molecule has 0 saturated carbocycles. The monoisotopic (exact) mass is 223 g/mol. The Balaban J connectivity index is 2.54. The van der Waals surface area contributed by atoms with Gasteiger partial charge in [0, 0.05) is 25.7 Å². The molecule has 1 aromatic heterocycles. The van der Waals surface area contributed by atoms with Gasteiger partial charge in [-0.3, -0.25) is 16.0 Å². The van der Waals surface area contributed by atoms with E-state index in [1.54, 1.807) is 13.2 Å². The SMILES string of the molecule is Cn1cc(CC(CC(F)(F)F)NN)nn1. The molecule has 0 spiro atoms. The van der Waals surface area contributed by atoms with Gasteiger partial charge < -0.3 is 0 Å². The summed E-state index contributed by atoms with van der Waals surface area (Å²) in [6.07, 6.45) is -3.57. The molecule has 0 amide bonds. The molecule has 0 bridgehead atoms. The second kappa shape index (κ2) is 4.58. The summed E-state index contributed by atoms with van der Waals surface area (Å²) in [7, 11) is 1.64. The highest BCUT2D eigenvalue weighted by molar-refractivity contribution is 4.95. The molecule has 15 heavy (non-hydrogen) atoms. The molecule has 8 heteroatoms. The fourth-order valence-electron chi connectivity index (χ4n) is 1.21. The molecule has 5 nitrogen and oxygen atoms in total. The van der Waals surface area contributed by atoms with E-state index >= 15 is 0 Å². The molecule has 1 unspecified atom stereocenters. The number of halogens is 3. The molecule has 0 saturated heterocycles. The smallest absolute Gasteiger partial charge is 0.271 e. The molecule has 1 rings (SSSR count). The Hall–Kier alpha value is -1.15. The lowest BCUT2D eigenvalue weighted by molar-refractivity contribution is -0.140. The van der Waals surface area contributed by atoms with E-state index in [4.69, 9.17) is 5.84 Å². The zero-order valence-electron chi connectivity index (χ0n) is 8.12. The standard InChI is InChI=1S/C7H12F3N5/c1-15-4-6(13-14-15)2-5(12-11)3-7(8,9)10/h4-5,12H,2-3,11H2,1H3. The number of hydrazine groups is 1. The Morgan fingerprint density at radius 1 is 1.60 bits per heavy atom. The average molecular weight is 223 g/mol. The third-order valence-corrected chi connectivity index (χ3v) is 1.82. The number of hydrogen-bond donors (Lipinski definition) is 2. The van der Waals surface area contributed by atoms with Crippen LogP contribution in [0.5, 0.6) is 0 Å². The van der Waals surface area contributed by atoms with E-state index in [1.165, 1.54) is 4.68 Å². The van der Waals surface area contributed by atoms with Crippen molar-refractivity contribution in [3.8, 4) is 0 Å². The topological polar surface area (TPSA) is 68.8 Å². The Bertz CT molecular complexity index is 308. The third kappa shape index (κ3) is 4.26. The van der Waals surface area contributed by atoms with Crippen LogP contribution in [0.25, 0.3) is 0 Å². The van der Waals surface area contributed by atoms with E-state index < -0.39 is 18.6 Å². The van der Waals surface area contributed by atoms with Crippen molar-refractivity contribution >= 4 is 0 Å². The maximum absolute atomic E-state index is 12.1. The van der Waals surface area contributed by atoms with Gasteiger partial charge in [0.1, 0.15) is 0 Å². The molecule has 0 fully saturated rings. The summed E-state index contributed by atoms with van der Waals surface area (Å²) in [5.74, 6) is 5.03. The highest BCUT2D eigenvalue weighted by Gasteiger charge is 2.31. The predicted octanol–water partition coefficient (Wildman–Crippen LogP) is 0.142. The number of alkyl halides is 3. The Labute approximate surface area is 84.4 Å². The number of nitrogens with two attached hydrogens (primary N) is 1. The van der Waals surface area contributed by atoms with Gasteiger partial charge in [0.15, 0.2) is 0 Å². The van der Waals surface area contributed by atoms with Gasteiger partial charge in [-0.05, 0) is 0 Å². The first-order valence-corrected chi connectivity index (χ1v) is 4.29. The minimum atomic E-state index is -4.24. The van der Waals surface area contributed by atoms with Crippen molar-refractivity contribution in [1.29, 1.82) is 0 Å². The van der Waals surface area contributed by atoms with Crippen LogP contribution in [0.3, 0.4) is 0 Å². The van der Waals surface area contributed by atoms with Crippen LogP contribution in [-0.4, -0.2) is 27.2 Å². The van der Waals surface area contributed by atoms with Gasteiger partial charge in [-0.1, -0.05) is 5.21 Å². The molecule has 1 atom stereocenters. The van der Waals surface area contributed by atoms with Crippen LogP contribution < -0.4 is 11.3 Å². The Kier molecular flexibility index (Phi) is 3.64. The van der Waals surface area contributed by atoms with Crippen molar-refractivity contribution in [3.05, 3.63) is 11.9 Å². The lowest BCUT2D eigenvalue weighted by Gasteiger charge is -2.16. The second-order valence-electron chi connectivity index (χ2n) is 3.27. The molecule has 0 aliphatic heterocycles. The first-order valence-electron chi connectivity index (χ1n) is 4.29. The first kappa shape index (κ1) is 11.9. The van der Waals surface area contributed by atoms with E-state index in [0.717, 1.165) is 0 Å². The minimum Gasteiger partial charge on any atom is -0.271 e. The number of nitrogens with one attached hydrogen (secondary N) is 1. The molecular formula is C7H12F3N5. The third-order valence-electron chi connectivity index (χ3n) is 1.82. The summed E-state index contributed by atoms with van der Waals surface area (Å²) < 4.78 is 37.6. The second-order valence-corrected chi connectivity index (χ2v) is 3.27. The van der Waals surface area contributed by atoms with Crippen molar-refractivity contribution in [2.45, 2.75) is 25.1 Å². The summed E-state index contributed by atoms with van der Waals surface area (Å²) in [5.41, 5.74) is 2.60. The van der Waals surface area contributed by atoms with Crippen LogP contribution in [-0.2, 0) is 13.5 Å². The van der Waals surface area contributed by atoms with Crippen molar-refractivity contribution in [3.63, 3.8) is 0 Å². The summed E-state index contributed by atoms with van der Waals surface area (Å²) in [6, 6.07) is -0.873. The number of aromatic nitrogens is 3. The van der Waals surface area contributed by atoms with Gasteiger partial charge in [0.25, 0.3) is 0 Å². The number of aryl methyl sites for hydroxylation is 1. The van der Waals surface area contributed by atoms with Crippen LogP contribution in [0.4, 0.5) is 13.2 Å². The van der Waals surface area contributed by atoms with Crippen LogP contribution in [0.1, 0.15) is 12.1 Å². The maximum atomic E-state index is 12.1. The highest BCUT2D eigenvalue weighted by Crippen LogP contribution is 2.22. The lowest BCUT2D eigenvalue weighted by Crippen LogP contribution is -2.40. The van der Waals surface area contributed by atoms with Gasteiger partial charge in [0.2, 0.25) is 0 Å². The number of rotatable bonds is 4. The fourth-order valence-corrected chi connectivity index (χ4v) is 1.21. The minimum absolute atomic E-state index is 0.101. The Morgan fingerprint density at radius 3 is 2.67 bits per heavy atom.